The largest absolute Gasteiger partial charge is 0.192 e. The molecular formula is C14H15N3. The van der Waals surface area contributed by atoms with Gasteiger partial charge >= 0.3 is 0 Å². The van der Waals surface area contributed by atoms with Gasteiger partial charge in [-0.3, -0.25) is 0 Å². The monoisotopic (exact) mass is 225 g/mol. The predicted octanol–water partition coefficient (Wildman–Crippen LogP) is 3.15. The molecule has 0 aromatic heterocycles. The van der Waals surface area contributed by atoms with E-state index in [1.165, 1.54) is 19.3 Å². The maximum atomic E-state index is 8.77. The van der Waals surface area contributed by atoms with Crippen LogP contribution in [0, 0.1) is 17.2 Å². The van der Waals surface area contributed by atoms with Crippen molar-refractivity contribution in [3.8, 4) is 6.07 Å². The molecule has 3 heteroatoms. The molecule has 0 atom stereocenters. The van der Waals surface area contributed by atoms with E-state index in [0.29, 0.717) is 11.5 Å². The van der Waals surface area contributed by atoms with Crippen molar-refractivity contribution in [1.82, 2.24) is 0 Å². The Morgan fingerprint density at radius 1 is 1.35 bits per heavy atom. The predicted molar refractivity (Wildman–Crippen MR) is 69.2 cm³/mol. The summed E-state index contributed by atoms with van der Waals surface area (Å²) in [5.74, 6) is 0.534. The normalized spacial score (nSPS) is 16.8. The topological polar surface area (TPSA) is 48.5 Å². The van der Waals surface area contributed by atoms with Crippen LogP contribution in [0.1, 0.15) is 37.3 Å². The lowest BCUT2D eigenvalue weighted by molar-refractivity contribution is 0.413. The molecule has 0 amide bonds. The maximum absolute atomic E-state index is 8.77. The summed E-state index contributed by atoms with van der Waals surface area (Å²) >= 11 is 0. The van der Waals surface area contributed by atoms with Gasteiger partial charge in [0.05, 0.1) is 17.3 Å². The molecule has 1 fully saturated rings. The number of rotatable bonds is 3. The van der Waals surface area contributed by atoms with Gasteiger partial charge in [-0.1, -0.05) is 18.6 Å². The van der Waals surface area contributed by atoms with E-state index in [0.717, 1.165) is 11.3 Å². The number of hydrogen-bond acceptors (Lipinski definition) is 3. The first-order valence-corrected chi connectivity index (χ1v) is 5.91. The minimum atomic E-state index is 0.534. The summed E-state index contributed by atoms with van der Waals surface area (Å²) in [7, 11) is 0. The van der Waals surface area contributed by atoms with Gasteiger partial charge < -0.3 is 0 Å². The van der Waals surface area contributed by atoms with Gasteiger partial charge in [0.1, 0.15) is 0 Å². The number of benzene rings is 1. The standard InChI is InChI=1S/C14H15N3/c1-2-16-17-14(12-4-3-5-12)13-8-6-11(10-15)7-9-13/h2,6-9,12H,3-5H2,1H3/b16-2-,17-14+. The molecule has 0 spiro atoms. The van der Waals surface area contributed by atoms with E-state index in [-0.39, 0.29) is 0 Å². The van der Waals surface area contributed by atoms with Gasteiger partial charge in [0, 0.05) is 12.1 Å². The number of nitrogens with zero attached hydrogens (tertiary/aromatic N) is 3. The second kappa shape index (κ2) is 5.40. The molecule has 0 N–H and O–H groups in total. The summed E-state index contributed by atoms with van der Waals surface area (Å²) in [5, 5.41) is 17.1. The van der Waals surface area contributed by atoms with Gasteiger partial charge in [-0.25, -0.2) is 0 Å². The molecule has 0 bridgehead atoms. The Morgan fingerprint density at radius 2 is 2.06 bits per heavy atom. The van der Waals surface area contributed by atoms with Crippen molar-refractivity contribution < 1.29 is 0 Å². The summed E-state index contributed by atoms with van der Waals surface area (Å²) in [6.07, 6.45) is 5.36. The summed E-state index contributed by atoms with van der Waals surface area (Å²) in [4.78, 5) is 0. The number of nitriles is 1. The van der Waals surface area contributed by atoms with Crippen LogP contribution in [0.4, 0.5) is 0 Å². The quantitative estimate of drug-likeness (QED) is 0.575. The van der Waals surface area contributed by atoms with E-state index in [9.17, 15) is 0 Å². The van der Waals surface area contributed by atoms with Gasteiger partial charge in [0.15, 0.2) is 0 Å². The third kappa shape index (κ3) is 2.59. The first kappa shape index (κ1) is 11.5. The maximum Gasteiger partial charge on any atom is 0.0991 e. The third-order valence-corrected chi connectivity index (χ3v) is 3.08. The molecule has 0 radical (unpaired) electrons. The molecule has 0 unspecified atom stereocenters. The van der Waals surface area contributed by atoms with E-state index in [1.54, 1.807) is 6.21 Å². The van der Waals surface area contributed by atoms with E-state index in [1.807, 2.05) is 31.2 Å². The van der Waals surface area contributed by atoms with Crippen molar-refractivity contribution >= 4 is 11.9 Å². The highest BCUT2D eigenvalue weighted by Gasteiger charge is 2.24. The summed E-state index contributed by atoms with van der Waals surface area (Å²) < 4.78 is 0. The fraction of sp³-hybridized carbons (Fsp3) is 0.357. The lowest BCUT2D eigenvalue weighted by Crippen LogP contribution is -2.22. The minimum Gasteiger partial charge on any atom is -0.192 e. The minimum absolute atomic E-state index is 0.534. The van der Waals surface area contributed by atoms with E-state index >= 15 is 0 Å². The molecule has 2 rings (SSSR count). The van der Waals surface area contributed by atoms with Crippen LogP contribution in [-0.4, -0.2) is 11.9 Å². The highest BCUT2D eigenvalue weighted by molar-refractivity contribution is 6.02. The fourth-order valence-corrected chi connectivity index (χ4v) is 1.89. The second-order valence-electron chi connectivity index (χ2n) is 4.18. The fourth-order valence-electron chi connectivity index (χ4n) is 1.89. The molecule has 1 saturated carbocycles. The van der Waals surface area contributed by atoms with Crippen molar-refractivity contribution in [2.45, 2.75) is 26.2 Å². The molecule has 86 valence electrons. The van der Waals surface area contributed by atoms with E-state index in [2.05, 4.69) is 16.3 Å². The summed E-state index contributed by atoms with van der Waals surface area (Å²) in [6.45, 7) is 1.86. The molecule has 17 heavy (non-hydrogen) atoms. The molecule has 0 heterocycles. The van der Waals surface area contributed by atoms with Crippen LogP contribution in [0.5, 0.6) is 0 Å². The highest BCUT2D eigenvalue weighted by Crippen LogP contribution is 2.30. The van der Waals surface area contributed by atoms with Crippen molar-refractivity contribution in [3.63, 3.8) is 0 Å². The van der Waals surface area contributed by atoms with Crippen LogP contribution in [0.3, 0.4) is 0 Å². The van der Waals surface area contributed by atoms with Crippen LogP contribution >= 0.6 is 0 Å². The van der Waals surface area contributed by atoms with Gasteiger partial charge in [0.2, 0.25) is 0 Å². The van der Waals surface area contributed by atoms with Crippen molar-refractivity contribution in [2.24, 2.45) is 16.1 Å². The first-order chi connectivity index (χ1) is 8.35. The van der Waals surface area contributed by atoms with E-state index in [4.69, 9.17) is 5.26 Å². The zero-order chi connectivity index (χ0) is 12.1. The number of hydrogen-bond donors (Lipinski definition) is 0. The lowest BCUT2D eigenvalue weighted by atomic mass is 9.79. The van der Waals surface area contributed by atoms with Gasteiger partial charge in [-0.15, -0.1) is 0 Å². The van der Waals surface area contributed by atoms with Crippen molar-refractivity contribution in [3.05, 3.63) is 35.4 Å². The van der Waals surface area contributed by atoms with Crippen LogP contribution in [0.15, 0.2) is 34.5 Å². The zero-order valence-electron chi connectivity index (χ0n) is 9.93. The Bertz CT molecular complexity index is 473. The van der Waals surface area contributed by atoms with Gasteiger partial charge in [-0.2, -0.15) is 15.5 Å². The Morgan fingerprint density at radius 3 is 2.53 bits per heavy atom. The molecule has 0 aliphatic heterocycles. The highest BCUT2D eigenvalue weighted by atomic mass is 15.2. The van der Waals surface area contributed by atoms with Crippen LogP contribution in [0.2, 0.25) is 0 Å². The van der Waals surface area contributed by atoms with Gasteiger partial charge in [-0.05, 0) is 37.5 Å². The van der Waals surface area contributed by atoms with Crippen molar-refractivity contribution in [1.29, 1.82) is 5.26 Å². The van der Waals surface area contributed by atoms with Crippen LogP contribution in [-0.2, 0) is 0 Å². The lowest BCUT2D eigenvalue weighted by Gasteiger charge is -2.26. The molecule has 1 aliphatic rings. The molecular weight excluding hydrogens is 210 g/mol. The summed E-state index contributed by atoms with van der Waals surface area (Å²) in [6, 6.07) is 9.71. The molecule has 1 aromatic carbocycles. The third-order valence-electron chi connectivity index (χ3n) is 3.08. The Hall–Kier alpha value is -1.95. The Kier molecular flexibility index (Phi) is 3.66. The average molecular weight is 225 g/mol. The Balaban J connectivity index is 2.28. The Labute approximate surface area is 101 Å². The summed E-state index contributed by atoms with van der Waals surface area (Å²) in [5.41, 5.74) is 2.82. The molecule has 1 aliphatic carbocycles. The van der Waals surface area contributed by atoms with Crippen LogP contribution in [0.25, 0.3) is 0 Å². The smallest absolute Gasteiger partial charge is 0.0991 e. The average Bonchev–Trinajstić information content (AvgIpc) is 2.32. The van der Waals surface area contributed by atoms with Crippen LogP contribution < -0.4 is 0 Å². The van der Waals surface area contributed by atoms with Crippen molar-refractivity contribution in [2.75, 3.05) is 0 Å². The first-order valence-electron chi connectivity index (χ1n) is 5.91. The molecule has 3 nitrogen and oxygen atoms in total. The zero-order valence-corrected chi connectivity index (χ0v) is 9.93. The second-order valence-corrected chi connectivity index (χ2v) is 4.18. The van der Waals surface area contributed by atoms with Gasteiger partial charge in [0.25, 0.3) is 0 Å². The SMILES string of the molecule is C/C=N\N=C(\c1ccc(C#N)cc1)C1CCC1. The molecule has 1 aromatic rings. The van der Waals surface area contributed by atoms with E-state index < -0.39 is 0 Å². The molecule has 0 saturated heterocycles.